The summed E-state index contributed by atoms with van der Waals surface area (Å²) in [5.74, 6) is 0.634. The standard InChI is InChI=1S/C23H23ClN2O5S/c1-30-22-6-4-3-5-21(22)25-23(27)16-31-20-13-11-19(12-14-20)26(32(2,28)29)15-17-7-9-18(24)10-8-17/h3-14H,15-16H2,1-2H3,(H,25,27). The Morgan fingerprint density at radius 2 is 1.66 bits per heavy atom. The maximum atomic E-state index is 12.3. The second-order valence-corrected chi connectivity index (χ2v) is 9.27. The molecule has 9 heteroatoms. The molecule has 0 fully saturated rings. The lowest BCUT2D eigenvalue weighted by molar-refractivity contribution is -0.118. The Morgan fingerprint density at radius 1 is 1.00 bits per heavy atom. The zero-order chi connectivity index (χ0) is 23.1. The van der Waals surface area contributed by atoms with Gasteiger partial charge in [-0.3, -0.25) is 9.10 Å². The van der Waals surface area contributed by atoms with Gasteiger partial charge in [-0.15, -0.1) is 0 Å². The van der Waals surface area contributed by atoms with Gasteiger partial charge < -0.3 is 14.8 Å². The Hall–Kier alpha value is -3.23. The highest BCUT2D eigenvalue weighted by Crippen LogP contribution is 2.25. The van der Waals surface area contributed by atoms with Gasteiger partial charge in [0.15, 0.2) is 6.61 Å². The highest BCUT2D eigenvalue weighted by molar-refractivity contribution is 7.92. The number of hydrogen-bond donors (Lipinski definition) is 1. The van der Waals surface area contributed by atoms with Crippen LogP contribution in [0.2, 0.25) is 5.02 Å². The Balaban J connectivity index is 1.64. The quantitative estimate of drug-likeness (QED) is 0.499. The van der Waals surface area contributed by atoms with Crippen LogP contribution in [-0.2, 0) is 21.4 Å². The molecule has 0 unspecified atom stereocenters. The maximum absolute atomic E-state index is 12.3. The van der Waals surface area contributed by atoms with Gasteiger partial charge in [-0.05, 0) is 54.1 Å². The largest absolute Gasteiger partial charge is 0.495 e. The van der Waals surface area contributed by atoms with Crippen LogP contribution in [0.1, 0.15) is 5.56 Å². The van der Waals surface area contributed by atoms with Crippen molar-refractivity contribution in [2.24, 2.45) is 0 Å². The predicted octanol–water partition coefficient (Wildman–Crippen LogP) is 4.33. The van der Waals surface area contributed by atoms with Crippen LogP contribution in [-0.4, -0.2) is 34.3 Å². The number of para-hydroxylation sites is 2. The van der Waals surface area contributed by atoms with E-state index in [-0.39, 0.29) is 19.1 Å². The third-order valence-electron chi connectivity index (χ3n) is 4.52. The van der Waals surface area contributed by atoms with E-state index in [4.69, 9.17) is 21.1 Å². The van der Waals surface area contributed by atoms with Gasteiger partial charge >= 0.3 is 0 Å². The van der Waals surface area contributed by atoms with Crippen LogP contribution in [0.25, 0.3) is 0 Å². The topological polar surface area (TPSA) is 84.9 Å². The van der Waals surface area contributed by atoms with E-state index in [1.807, 2.05) is 0 Å². The number of ether oxygens (including phenoxy) is 2. The molecule has 0 saturated carbocycles. The lowest BCUT2D eigenvalue weighted by Gasteiger charge is -2.23. The molecule has 0 aliphatic heterocycles. The monoisotopic (exact) mass is 474 g/mol. The van der Waals surface area contributed by atoms with E-state index in [0.29, 0.717) is 27.9 Å². The predicted molar refractivity (Wildman–Crippen MR) is 126 cm³/mol. The average Bonchev–Trinajstić information content (AvgIpc) is 2.77. The summed E-state index contributed by atoms with van der Waals surface area (Å²) >= 11 is 5.90. The second-order valence-electron chi connectivity index (χ2n) is 6.93. The summed E-state index contributed by atoms with van der Waals surface area (Å²) in [7, 11) is -2.00. The Bertz CT molecular complexity index is 1170. The first-order valence-electron chi connectivity index (χ1n) is 9.64. The van der Waals surface area contributed by atoms with E-state index in [1.54, 1.807) is 72.8 Å². The van der Waals surface area contributed by atoms with Gasteiger partial charge in [-0.1, -0.05) is 35.9 Å². The van der Waals surface area contributed by atoms with E-state index in [9.17, 15) is 13.2 Å². The zero-order valence-corrected chi connectivity index (χ0v) is 19.2. The molecule has 1 N–H and O–H groups in total. The fourth-order valence-corrected chi connectivity index (χ4v) is 3.96. The number of methoxy groups -OCH3 is 1. The number of benzene rings is 3. The Labute approximate surface area is 192 Å². The van der Waals surface area contributed by atoms with E-state index >= 15 is 0 Å². The van der Waals surface area contributed by atoms with Gasteiger partial charge in [0, 0.05) is 5.02 Å². The molecule has 7 nitrogen and oxygen atoms in total. The van der Waals surface area contributed by atoms with Crippen LogP contribution in [0.5, 0.6) is 11.5 Å². The van der Waals surface area contributed by atoms with Crippen molar-refractivity contribution in [3.05, 3.63) is 83.4 Å². The van der Waals surface area contributed by atoms with Gasteiger partial charge in [0.05, 0.1) is 31.3 Å². The van der Waals surface area contributed by atoms with Gasteiger partial charge in [0.25, 0.3) is 5.91 Å². The lowest BCUT2D eigenvalue weighted by atomic mass is 10.2. The molecule has 168 valence electrons. The minimum absolute atomic E-state index is 0.164. The Morgan fingerprint density at radius 3 is 2.28 bits per heavy atom. The van der Waals surface area contributed by atoms with Crippen LogP contribution < -0.4 is 19.1 Å². The Kier molecular flexibility index (Phi) is 7.61. The summed E-state index contributed by atoms with van der Waals surface area (Å²) in [5.41, 5.74) is 1.83. The zero-order valence-electron chi connectivity index (χ0n) is 17.6. The second kappa shape index (κ2) is 10.4. The summed E-state index contributed by atoms with van der Waals surface area (Å²) < 4.78 is 36.7. The number of anilines is 2. The molecule has 3 aromatic carbocycles. The van der Waals surface area contributed by atoms with Gasteiger partial charge in [0.2, 0.25) is 10.0 Å². The summed E-state index contributed by atoms with van der Waals surface area (Å²) in [6.07, 6.45) is 1.15. The molecule has 0 heterocycles. The van der Waals surface area contributed by atoms with Gasteiger partial charge in [-0.25, -0.2) is 8.42 Å². The number of carbonyl (C=O) groups is 1. The average molecular weight is 475 g/mol. The van der Waals surface area contributed by atoms with Crippen molar-refractivity contribution in [1.29, 1.82) is 0 Å². The number of nitrogens with one attached hydrogen (secondary N) is 1. The van der Waals surface area contributed by atoms with Crippen molar-refractivity contribution in [3.8, 4) is 11.5 Å². The maximum Gasteiger partial charge on any atom is 0.262 e. The molecule has 3 aromatic rings. The number of carbonyl (C=O) groups excluding carboxylic acids is 1. The molecule has 0 saturated heterocycles. The van der Waals surface area contributed by atoms with Crippen molar-refractivity contribution in [2.45, 2.75) is 6.54 Å². The van der Waals surface area contributed by atoms with Crippen LogP contribution >= 0.6 is 11.6 Å². The van der Waals surface area contributed by atoms with Crippen molar-refractivity contribution < 1.29 is 22.7 Å². The summed E-state index contributed by atoms with van der Waals surface area (Å²) in [6.45, 7) is -0.0461. The van der Waals surface area contributed by atoms with E-state index in [0.717, 1.165) is 11.8 Å². The number of hydrogen-bond acceptors (Lipinski definition) is 5. The molecule has 0 bridgehead atoms. The number of rotatable bonds is 9. The molecule has 32 heavy (non-hydrogen) atoms. The summed E-state index contributed by atoms with van der Waals surface area (Å²) in [6, 6.07) is 20.5. The number of halogens is 1. The number of sulfonamides is 1. The normalized spacial score (nSPS) is 11.0. The van der Waals surface area contributed by atoms with E-state index in [1.165, 1.54) is 11.4 Å². The first kappa shape index (κ1) is 23.4. The van der Waals surface area contributed by atoms with Crippen LogP contribution in [0, 0.1) is 0 Å². The van der Waals surface area contributed by atoms with Crippen molar-refractivity contribution in [1.82, 2.24) is 0 Å². The third kappa shape index (κ3) is 6.38. The molecule has 0 aliphatic carbocycles. The first-order valence-corrected chi connectivity index (χ1v) is 11.9. The van der Waals surface area contributed by atoms with E-state index < -0.39 is 10.0 Å². The molecule has 0 aliphatic rings. The number of amides is 1. The van der Waals surface area contributed by atoms with Crippen LogP contribution in [0.3, 0.4) is 0 Å². The molecule has 0 atom stereocenters. The van der Waals surface area contributed by atoms with Crippen molar-refractivity contribution in [2.75, 3.05) is 29.6 Å². The smallest absolute Gasteiger partial charge is 0.262 e. The molecule has 0 radical (unpaired) electrons. The minimum Gasteiger partial charge on any atom is -0.495 e. The van der Waals surface area contributed by atoms with Gasteiger partial charge in [-0.2, -0.15) is 0 Å². The van der Waals surface area contributed by atoms with Crippen LogP contribution in [0.15, 0.2) is 72.8 Å². The summed E-state index contributed by atoms with van der Waals surface area (Å²) in [5, 5.41) is 3.31. The lowest BCUT2D eigenvalue weighted by Crippen LogP contribution is -2.29. The summed E-state index contributed by atoms with van der Waals surface area (Å²) in [4.78, 5) is 12.2. The van der Waals surface area contributed by atoms with Crippen molar-refractivity contribution in [3.63, 3.8) is 0 Å². The highest BCUT2D eigenvalue weighted by atomic mass is 35.5. The number of nitrogens with zero attached hydrogens (tertiary/aromatic N) is 1. The third-order valence-corrected chi connectivity index (χ3v) is 5.91. The first-order chi connectivity index (χ1) is 15.3. The highest BCUT2D eigenvalue weighted by Gasteiger charge is 2.18. The van der Waals surface area contributed by atoms with Crippen LogP contribution in [0.4, 0.5) is 11.4 Å². The molecule has 0 spiro atoms. The molecule has 0 aromatic heterocycles. The molecular weight excluding hydrogens is 452 g/mol. The van der Waals surface area contributed by atoms with Crippen molar-refractivity contribution >= 4 is 38.9 Å². The minimum atomic E-state index is -3.52. The fraction of sp³-hybridized carbons (Fsp3) is 0.174. The SMILES string of the molecule is COc1ccccc1NC(=O)COc1ccc(N(Cc2ccc(Cl)cc2)S(C)(=O)=O)cc1. The fourth-order valence-electron chi connectivity index (χ4n) is 2.95. The molecule has 3 rings (SSSR count). The van der Waals surface area contributed by atoms with E-state index in [2.05, 4.69) is 5.32 Å². The van der Waals surface area contributed by atoms with Gasteiger partial charge in [0.1, 0.15) is 11.5 Å². The molecular formula is C23H23ClN2O5S. The molecule has 1 amide bonds.